The molecule has 172 valence electrons. The van der Waals surface area contributed by atoms with Crippen LogP contribution >= 0.6 is 11.8 Å². The standard InChI is InChI=1S/C24H24FN3O4S/c1-13(2)32-18-9-6-15(10-19(18)31-3)17-11-20(29)26-22-21(17)23(30)28-24(27-22)33-12-14-4-7-16(25)8-5-14/h4-10,13,17H,11-12H2,1-3H3,(H2,26,27,28,29,30)/t17-/m1/s1. The van der Waals surface area contributed by atoms with Gasteiger partial charge in [-0.25, -0.2) is 9.37 Å². The number of carbonyl (C=O) groups is 1. The lowest BCUT2D eigenvalue weighted by Gasteiger charge is -2.25. The molecule has 0 aliphatic carbocycles. The molecule has 1 aliphatic rings. The van der Waals surface area contributed by atoms with E-state index >= 15 is 0 Å². The van der Waals surface area contributed by atoms with Crippen LogP contribution in [0.2, 0.25) is 0 Å². The van der Waals surface area contributed by atoms with E-state index in [-0.39, 0.29) is 35.6 Å². The minimum atomic E-state index is -0.469. The minimum Gasteiger partial charge on any atom is -0.493 e. The van der Waals surface area contributed by atoms with Crippen molar-refractivity contribution in [3.05, 3.63) is 75.3 Å². The number of fused-ring (bicyclic) bond motifs is 1. The number of nitrogens with zero attached hydrogens (tertiary/aromatic N) is 1. The second-order valence-electron chi connectivity index (χ2n) is 7.93. The summed E-state index contributed by atoms with van der Waals surface area (Å²) < 4.78 is 24.3. The summed E-state index contributed by atoms with van der Waals surface area (Å²) in [5, 5.41) is 3.10. The number of ether oxygens (including phenoxy) is 2. The van der Waals surface area contributed by atoms with Crippen molar-refractivity contribution in [3.8, 4) is 11.5 Å². The molecule has 0 spiro atoms. The fourth-order valence-corrected chi connectivity index (χ4v) is 4.50. The van der Waals surface area contributed by atoms with Crippen LogP contribution in [-0.4, -0.2) is 29.1 Å². The molecular formula is C24H24FN3O4S. The van der Waals surface area contributed by atoms with Gasteiger partial charge < -0.3 is 19.8 Å². The molecule has 1 aliphatic heterocycles. The van der Waals surface area contributed by atoms with Crippen molar-refractivity contribution in [2.75, 3.05) is 12.4 Å². The van der Waals surface area contributed by atoms with Crippen LogP contribution in [0.5, 0.6) is 11.5 Å². The molecular weight excluding hydrogens is 445 g/mol. The average molecular weight is 470 g/mol. The second-order valence-corrected chi connectivity index (χ2v) is 8.89. The molecule has 0 saturated heterocycles. The Kier molecular flexibility index (Phi) is 6.69. The molecule has 1 aromatic heterocycles. The summed E-state index contributed by atoms with van der Waals surface area (Å²) in [5.74, 6) is 0.875. The highest BCUT2D eigenvalue weighted by atomic mass is 32.2. The van der Waals surface area contributed by atoms with Crippen molar-refractivity contribution >= 4 is 23.5 Å². The first-order valence-electron chi connectivity index (χ1n) is 10.5. The predicted octanol–water partition coefficient (Wildman–Crippen LogP) is 4.47. The van der Waals surface area contributed by atoms with Crippen molar-refractivity contribution in [2.45, 2.75) is 43.2 Å². The fourth-order valence-electron chi connectivity index (χ4n) is 3.69. The summed E-state index contributed by atoms with van der Waals surface area (Å²) >= 11 is 1.30. The number of H-pyrrole nitrogens is 1. The zero-order chi connectivity index (χ0) is 23.5. The summed E-state index contributed by atoms with van der Waals surface area (Å²) in [6.45, 7) is 3.85. The molecule has 7 nitrogen and oxygen atoms in total. The number of aromatic amines is 1. The monoisotopic (exact) mass is 469 g/mol. The van der Waals surface area contributed by atoms with Gasteiger partial charge in [-0.2, -0.15) is 0 Å². The molecule has 1 atom stereocenters. The molecule has 2 aromatic carbocycles. The van der Waals surface area contributed by atoms with Crippen LogP contribution in [0.15, 0.2) is 52.4 Å². The molecule has 0 radical (unpaired) electrons. The van der Waals surface area contributed by atoms with Crippen molar-refractivity contribution in [1.82, 2.24) is 9.97 Å². The summed E-state index contributed by atoms with van der Waals surface area (Å²) in [5.41, 5.74) is 1.74. The number of amides is 1. The Morgan fingerprint density at radius 1 is 1.15 bits per heavy atom. The van der Waals surface area contributed by atoms with E-state index in [4.69, 9.17) is 9.47 Å². The van der Waals surface area contributed by atoms with Crippen LogP contribution in [0.1, 0.15) is 42.9 Å². The topological polar surface area (TPSA) is 93.3 Å². The summed E-state index contributed by atoms with van der Waals surface area (Å²) in [7, 11) is 1.55. The number of hydrogen-bond acceptors (Lipinski definition) is 6. The fraction of sp³-hybridized carbons (Fsp3) is 0.292. The van der Waals surface area contributed by atoms with Crippen LogP contribution in [0.4, 0.5) is 10.2 Å². The normalized spacial score (nSPS) is 15.2. The van der Waals surface area contributed by atoms with Crippen LogP contribution in [-0.2, 0) is 10.5 Å². The van der Waals surface area contributed by atoms with Crippen LogP contribution in [0.25, 0.3) is 0 Å². The average Bonchev–Trinajstić information content (AvgIpc) is 2.77. The van der Waals surface area contributed by atoms with E-state index in [9.17, 15) is 14.0 Å². The SMILES string of the molecule is COc1cc([C@H]2CC(=O)Nc3nc(SCc4ccc(F)cc4)[nH]c(=O)c32)ccc1OC(C)C. The Morgan fingerprint density at radius 3 is 2.61 bits per heavy atom. The van der Waals surface area contributed by atoms with Gasteiger partial charge in [0.2, 0.25) is 5.91 Å². The minimum absolute atomic E-state index is 0.0243. The molecule has 0 fully saturated rings. The van der Waals surface area contributed by atoms with Crippen molar-refractivity contribution in [2.24, 2.45) is 0 Å². The first kappa shape index (κ1) is 22.8. The van der Waals surface area contributed by atoms with E-state index in [0.717, 1.165) is 11.1 Å². The van der Waals surface area contributed by atoms with E-state index in [0.29, 0.717) is 28.0 Å². The molecule has 9 heteroatoms. The van der Waals surface area contributed by atoms with Crippen molar-refractivity contribution in [3.63, 3.8) is 0 Å². The van der Waals surface area contributed by atoms with Gasteiger partial charge in [0.15, 0.2) is 16.7 Å². The molecule has 0 saturated carbocycles. The summed E-state index contributed by atoms with van der Waals surface area (Å²) in [6.07, 6.45) is 0.0942. The second kappa shape index (κ2) is 9.66. The number of halogens is 1. The number of nitrogens with one attached hydrogen (secondary N) is 2. The Hall–Kier alpha value is -3.33. The van der Waals surface area contributed by atoms with Gasteiger partial charge in [0.1, 0.15) is 11.6 Å². The molecule has 1 amide bonds. The van der Waals surface area contributed by atoms with Gasteiger partial charge in [0.05, 0.1) is 18.8 Å². The third kappa shape index (κ3) is 5.19. The van der Waals surface area contributed by atoms with E-state index in [1.54, 1.807) is 31.4 Å². The Labute approximate surface area is 194 Å². The van der Waals surface area contributed by atoms with E-state index in [1.807, 2.05) is 19.9 Å². The van der Waals surface area contributed by atoms with E-state index < -0.39 is 5.92 Å². The maximum atomic E-state index is 13.1. The number of aromatic nitrogens is 2. The van der Waals surface area contributed by atoms with Crippen molar-refractivity contribution < 1.29 is 18.7 Å². The number of carbonyl (C=O) groups excluding carboxylic acids is 1. The Balaban J connectivity index is 1.64. The zero-order valence-corrected chi connectivity index (χ0v) is 19.3. The number of anilines is 1. The van der Waals surface area contributed by atoms with Gasteiger partial charge >= 0.3 is 0 Å². The number of thioether (sulfide) groups is 1. The lowest BCUT2D eigenvalue weighted by Crippen LogP contribution is -2.31. The lowest BCUT2D eigenvalue weighted by atomic mass is 9.86. The third-order valence-corrected chi connectivity index (χ3v) is 6.12. The highest BCUT2D eigenvalue weighted by Crippen LogP contribution is 2.38. The van der Waals surface area contributed by atoms with Crippen LogP contribution in [0, 0.1) is 5.82 Å². The number of rotatable bonds is 7. The Bertz CT molecular complexity index is 1230. The molecule has 0 unspecified atom stereocenters. The van der Waals surface area contributed by atoms with Gasteiger partial charge in [-0.1, -0.05) is 30.0 Å². The largest absolute Gasteiger partial charge is 0.493 e. The summed E-state index contributed by atoms with van der Waals surface area (Å²) in [4.78, 5) is 32.8. The number of hydrogen-bond donors (Lipinski definition) is 2. The van der Waals surface area contributed by atoms with Gasteiger partial charge in [0, 0.05) is 18.1 Å². The highest BCUT2D eigenvalue weighted by Gasteiger charge is 2.31. The maximum Gasteiger partial charge on any atom is 0.257 e. The first-order valence-corrected chi connectivity index (χ1v) is 11.5. The predicted molar refractivity (Wildman–Crippen MR) is 125 cm³/mol. The molecule has 4 rings (SSSR count). The van der Waals surface area contributed by atoms with Crippen LogP contribution < -0.4 is 20.3 Å². The lowest BCUT2D eigenvalue weighted by molar-refractivity contribution is -0.116. The highest BCUT2D eigenvalue weighted by molar-refractivity contribution is 7.98. The van der Waals surface area contributed by atoms with Crippen LogP contribution in [0.3, 0.4) is 0 Å². The number of benzene rings is 2. The van der Waals surface area contributed by atoms with Crippen molar-refractivity contribution in [1.29, 1.82) is 0 Å². The first-order chi connectivity index (χ1) is 15.8. The third-order valence-electron chi connectivity index (χ3n) is 5.17. The molecule has 2 heterocycles. The zero-order valence-electron chi connectivity index (χ0n) is 18.5. The van der Waals surface area contributed by atoms with Gasteiger partial charge in [-0.05, 0) is 49.2 Å². The quantitative estimate of drug-likeness (QED) is 0.392. The van der Waals surface area contributed by atoms with E-state index in [2.05, 4.69) is 15.3 Å². The number of methoxy groups -OCH3 is 1. The maximum absolute atomic E-state index is 13.1. The smallest absolute Gasteiger partial charge is 0.257 e. The van der Waals surface area contributed by atoms with E-state index in [1.165, 1.54) is 23.9 Å². The van der Waals surface area contributed by atoms with Gasteiger partial charge in [0.25, 0.3) is 5.56 Å². The summed E-state index contributed by atoms with van der Waals surface area (Å²) in [6, 6.07) is 11.5. The van der Waals surface area contributed by atoms with Gasteiger partial charge in [-0.15, -0.1) is 0 Å². The molecule has 2 N–H and O–H groups in total. The molecule has 3 aromatic rings. The Morgan fingerprint density at radius 2 is 1.91 bits per heavy atom. The van der Waals surface area contributed by atoms with Gasteiger partial charge in [-0.3, -0.25) is 9.59 Å². The molecule has 33 heavy (non-hydrogen) atoms. The molecule has 0 bridgehead atoms.